The minimum atomic E-state index is -0.729. The fourth-order valence-electron chi connectivity index (χ4n) is 3.29. The summed E-state index contributed by atoms with van der Waals surface area (Å²) in [7, 11) is 1.62. The molecule has 1 aromatic carbocycles. The first kappa shape index (κ1) is 12.1. The van der Waals surface area contributed by atoms with Crippen LogP contribution in [0.4, 0.5) is 0 Å². The number of aliphatic carboxylic acids is 1. The summed E-state index contributed by atoms with van der Waals surface area (Å²) in [6, 6.07) is 5.71. The maximum Gasteiger partial charge on any atom is 0.314 e. The fraction of sp³-hybridized carbons (Fsp3) is 0.400. The zero-order valence-corrected chi connectivity index (χ0v) is 10.9. The molecule has 4 heteroatoms. The minimum Gasteiger partial charge on any atom is -0.495 e. The second kappa shape index (κ2) is 4.30. The molecule has 0 aliphatic heterocycles. The van der Waals surface area contributed by atoms with E-state index < -0.39 is 11.4 Å². The highest BCUT2D eigenvalue weighted by Gasteiger charge is 2.44. The molecule has 1 fully saturated rings. The van der Waals surface area contributed by atoms with E-state index in [2.05, 4.69) is 4.98 Å². The number of hydrogen-bond donors (Lipinski definition) is 2. The Kier molecular flexibility index (Phi) is 2.73. The summed E-state index contributed by atoms with van der Waals surface area (Å²) in [4.78, 5) is 14.9. The maximum absolute atomic E-state index is 11.8. The largest absolute Gasteiger partial charge is 0.495 e. The second-order valence-corrected chi connectivity index (χ2v) is 5.18. The van der Waals surface area contributed by atoms with Crippen molar-refractivity contribution in [2.45, 2.75) is 31.1 Å². The van der Waals surface area contributed by atoms with Gasteiger partial charge in [0.2, 0.25) is 0 Å². The zero-order chi connectivity index (χ0) is 13.5. The van der Waals surface area contributed by atoms with Gasteiger partial charge in [0.1, 0.15) is 5.75 Å². The van der Waals surface area contributed by atoms with E-state index in [4.69, 9.17) is 4.74 Å². The number of carboxylic acids is 1. The number of carboxylic acid groups (broad SMARTS) is 1. The van der Waals surface area contributed by atoms with Crippen LogP contribution in [0.3, 0.4) is 0 Å². The van der Waals surface area contributed by atoms with Crippen LogP contribution in [0.5, 0.6) is 5.75 Å². The summed E-state index contributed by atoms with van der Waals surface area (Å²) in [5.74, 6) is 0.0416. The van der Waals surface area contributed by atoms with E-state index in [0.29, 0.717) is 0 Å². The molecule has 0 radical (unpaired) electrons. The molecule has 2 N–H and O–H groups in total. The van der Waals surface area contributed by atoms with Crippen molar-refractivity contribution in [2.75, 3.05) is 7.11 Å². The molecule has 0 bridgehead atoms. The van der Waals surface area contributed by atoms with Gasteiger partial charge in [-0.05, 0) is 30.5 Å². The first-order chi connectivity index (χ1) is 9.19. The van der Waals surface area contributed by atoms with Gasteiger partial charge in [0.25, 0.3) is 0 Å². The van der Waals surface area contributed by atoms with Crippen LogP contribution in [-0.2, 0) is 10.2 Å². The number of methoxy groups -OCH3 is 1. The predicted octanol–water partition coefficient (Wildman–Crippen LogP) is 3.07. The number of carbonyl (C=O) groups is 1. The average molecular weight is 259 g/mol. The lowest BCUT2D eigenvalue weighted by atomic mass is 9.77. The third kappa shape index (κ3) is 1.63. The molecule has 1 saturated carbocycles. The van der Waals surface area contributed by atoms with Crippen molar-refractivity contribution in [1.29, 1.82) is 0 Å². The van der Waals surface area contributed by atoms with Crippen LogP contribution < -0.4 is 4.74 Å². The highest BCUT2D eigenvalue weighted by molar-refractivity contribution is 5.94. The number of rotatable bonds is 3. The summed E-state index contributed by atoms with van der Waals surface area (Å²) in [6.45, 7) is 0. The van der Waals surface area contributed by atoms with E-state index in [1.807, 2.05) is 24.4 Å². The summed E-state index contributed by atoms with van der Waals surface area (Å²) < 4.78 is 5.32. The van der Waals surface area contributed by atoms with Gasteiger partial charge in [-0.3, -0.25) is 4.79 Å². The van der Waals surface area contributed by atoms with E-state index >= 15 is 0 Å². The molecular weight excluding hydrogens is 242 g/mol. The lowest BCUT2D eigenvalue weighted by molar-refractivity contribution is -0.143. The molecule has 2 aromatic rings. The van der Waals surface area contributed by atoms with Crippen molar-refractivity contribution in [3.63, 3.8) is 0 Å². The van der Waals surface area contributed by atoms with Crippen molar-refractivity contribution >= 4 is 16.9 Å². The Labute approximate surface area is 111 Å². The number of H-pyrrole nitrogens is 1. The summed E-state index contributed by atoms with van der Waals surface area (Å²) in [6.07, 6.45) is 5.22. The van der Waals surface area contributed by atoms with Crippen LogP contribution in [-0.4, -0.2) is 23.2 Å². The SMILES string of the molecule is COc1ccc(C2(C(=O)O)CCCC2)c2cc[nH]c12. The van der Waals surface area contributed by atoms with Gasteiger partial charge in [-0.15, -0.1) is 0 Å². The van der Waals surface area contributed by atoms with Crippen LogP contribution >= 0.6 is 0 Å². The standard InChI is InChI=1S/C15H17NO3/c1-19-12-5-4-11(10-6-9-16-13(10)12)15(14(17)18)7-2-3-8-15/h4-6,9,16H,2-3,7-8H2,1H3,(H,17,18). The summed E-state index contributed by atoms with van der Waals surface area (Å²) >= 11 is 0. The van der Waals surface area contributed by atoms with Crippen LogP contribution in [0.1, 0.15) is 31.2 Å². The lowest BCUT2D eigenvalue weighted by Gasteiger charge is -2.25. The Balaban J connectivity index is 2.25. The number of fused-ring (bicyclic) bond motifs is 1. The highest BCUT2D eigenvalue weighted by Crippen LogP contribution is 2.45. The molecule has 0 unspecified atom stereocenters. The van der Waals surface area contributed by atoms with E-state index in [0.717, 1.165) is 47.9 Å². The van der Waals surface area contributed by atoms with Gasteiger partial charge in [-0.1, -0.05) is 18.9 Å². The highest BCUT2D eigenvalue weighted by atomic mass is 16.5. The second-order valence-electron chi connectivity index (χ2n) is 5.18. The van der Waals surface area contributed by atoms with Crippen molar-refractivity contribution < 1.29 is 14.6 Å². The van der Waals surface area contributed by atoms with Crippen LogP contribution in [0.15, 0.2) is 24.4 Å². The third-order valence-corrected chi connectivity index (χ3v) is 4.29. The van der Waals surface area contributed by atoms with Crippen molar-refractivity contribution in [3.8, 4) is 5.75 Å². The van der Waals surface area contributed by atoms with Crippen LogP contribution in [0, 0.1) is 0 Å². The molecule has 0 spiro atoms. The van der Waals surface area contributed by atoms with Crippen molar-refractivity contribution in [2.24, 2.45) is 0 Å². The predicted molar refractivity (Wildman–Crippen MR) is 72.6 cm³/mol. The van der Waals surface area contributed by atoms with Gasteiger partial charge < -0.3 is 14.8 Å². The lowest BCUT2D eigenvalue weighted by Crippen LogP contribution is -2.32. The van der Waals surface area contributed by atoms with Crippen molar-refractivity contribution in [3.05, 3.63) is 30.0 Å². The molecule has 0 amide bonds. The first-order valence-electron chi connectivity index (χ1n) is 6.57. The number of aromatic nitrogens is 1. The Morgan fingerprint density at radius 2 is 2.05 bits per heavy atom. The summed E-state index contributed by atoms with van der Waals surface area (Å²) in [5, 5.41) is 10.7. The van der Waals surface area contributed by atoms with Crippen LogP contribution in [0.25, 0.3) is 10.9 Å². The molecule has 1 aliphatic carbocycles. The van der Waals surface area contributed by atoms with E-state index in [1.54, 1.807) is 7.11 Å². The van der Waals surface area contributed by atoms with Gasteiger partial charge in [-0.2, -0.15) is 0 Å². The van der Waals surface area contributed by atoms with E-state index in [9.17, 15) is 9.90 Å². The molecule has 1 heterocycles. The molecule has 3 rings (SSSR count). The normalized spacial score (nSPS) is 17.7. The molecule has 0 atom stereocenters. The topological polar surface area (TPSA) is 62.3 Å². The fourth-order valence-corrected chi connectivity index (χ4v) is 3.29. The Morgan fingerprint density at radius 1 is 1.32 bits per heavy atom. The number of nitrogens with one attached hydrogen (secondary N) is 1. The number of aromatic amines is 1. The molecule has 4 nitrogen and oxygen atoms in total. The molecule has 1 aliphatic rings. The molecule has 100 valence electrons. The third-order valence-electron chi connectivity index (χ3n) is 4.29. The average Bonchev–Trinajstić information content (AvgIpc) is 3.07. The van der Waals surface area contributed by atoms with Gasteiger partial charge in [0.15, 0.2) is 0 Å². The monoisotopic (exact) mass is 259 g/mol. The van der Waals surface area contributed by atoms with Crippen LogP contribution in [0.2, 0.25) is 0 Å². The Morgan fingerprint density at radius 3 is 2.68 bits per heavy atom. The van der Waals surface area contributed by atoms with Crippen molar-refractivity contribution in [1.82, 2.24) is 4.98 Å². The number of ether oxygens (including phenoxy) is 1. The number of benzene rings is 1. The van der Waals surface area contributed by atoms with E-state index in [-0.39, 0.29) is 0 Å². The molecule has 1 aromatic heterocycles. The quantitative estimate of drug-likeness (QED) is 0.890. The van der Waals surface area contributed by atoms with Gasteiger partial charge >= 0.3 is 5.97 Å². The minimum absolute atomic E-state index is 0.710. The smallest absolute Gasteiger partial charge is 0.314 e. The molecule has 0 saturated heterocycles. The Bertz CT molecular complexity index is 623. The van der Waals surface area contributed by atoms with E-state index in [1.165, 1.54) is 0 Å². The first-order valence-corrected chi connectivity index (χ1v) is 6.57. The maximum atomic E-state index is 11.8. The van der Waals surface area contributed by atoms with Gasteiger partial charge in [0, 0.05) is 11.6 Å². The number of hydrogen-bond acceptors (Lipinski definition) is 2. The zero-order valence-electron chi connectivity index (χ0n) is 10.9. The summed E-state index contributed by atoms with van der Waals surface area (Å²) in [5.41, 5.74) is 1.06. The van der Waals surface area contributed by atoms with Gasteiger partial charge in [-0.25, -0.2) is 0 Å². The Hall–Kier alpha value is -1.97. The molecule has 19 heavy (non-hydrogen) atoms. The van der Waals surface area contributed by atoms with Gasteiger partial charge in [0.05, 0.1) is 18.0 Å². The molecular formula is C15H17NO3.